The fraction of sp³-hybridized carbons (Fsp3) is 0.517. The number of phenols is 1. The number of ether oxygens (including phenoxy) is 1. The molecule has 6 heteroatoms. The topological polar surface area (TPSA) is 78.9 Å². The minimum atomic E-state index is -0.304. The van der Waals surface area contributed by atoms with Gasteiger partial charge in [0, 0.05) is 25.6 Å². The molecule has 2 aromatic rings. The zero-order valence-electron chi connectivity index (χ0n) is 21.7. The SMILES string of the molecule is COC(=O)c1cccc([C@]2(C)CCN(CC(NC(=O)CCc3ccc(O)cc3)C(C)C)C[C@@H]2C)c1. The largest absolute Gasteiger partial charge is 0.508 e. The van der Waals surface area contributed by atoms with Crippen LogP contribution in [0.3, 0.4) is 0 Å². The lowest BCUT2D eigenvalue weighted by Gasteiger charge is -2.46. The number of carbonyl (C=O) groups excluding carboxylic acids is 2. The van der Waals surface area contributed by atoms with Crippen molar-refractivity contribution in [2.24, 2.45) is 11.8 Å². The van der Waals surface area contributed by atoms with E-state index in [9.17, 15) is 14.7 Å². The van der Waals surface area contributed by atoms with Gasteiger partial charge in [0.05, 0.1) is 12.7 Å². The molecule has 0 saturated carbocycles. The molecule has 1 saturated heterocycles. The van der Waals surface area contributed by atoms with Crippen LogP contribution in [0.25, 0.3) is 0 Å². The van der Waals surface area contributed by atoms with Crippen molar-refractivity contribution in [2.75, 3.05) is 26.7 Å². The second kappa shape index (κ2) is 11.7. The molecule has 6 nitrogen and oxygen atoms in total. The van der Waals surface area contributed by atoms with Gasteiger partial charge >= 0.3 is 5.97 Å². The van der Waals surface area contributed by atoms with Crippen LogP contribution in [0, 0.1) is 11.8 Å². The first-order valence-electron chi connectivity index (χ1n) is 12.6. The van der Waals surface area contributed by atoms with Crippen LogP contribution in [0.4, 0.5) is 0 Å². The van der Waals surface area contributed by atoms with Crippen LogP contribution < -0.4 is 5.32 Å². The van der Waals surface area contributed by atoms with Gasteiger partial charge in [-0.05, 0) is 72.0 Å². The number of esters is 1. The van der Waals surface area contributed by atoms with Crippen molar-refractivity contribution >= 4 is 11.9 Å². The molecule has 0 aromatic heterocycles. The molecule has 2 N–H and O–H groups in total. The summed E-state index contributed by atoms with van der Waals surface area (Å²) in [7, 11) is 1.41. The lowest BCUT2D eigenvalue weighted by Crippen LogP contribution is -2.53. The average Bonchev–Trinajstić information content (AvgIpc) is 2.85. The van der Waals surface area contributed by atoms with E-state index in [-0.39, 0.29) is 29.1 Å². The van der Waals surface area contributed by atoms with Crippen molar-refractivity contribution < 1.29 is 19.4 Å². The van der Waals surface area contributed by atoms with Crippen LogP contribution in [-0.4, -0.2) is 54.7 Å². The molecule has 1 fully saturated rings. The van der Waals surface area contributed by atoms with E-state index in [2.05, 4.69) is 44.0 Å². The van der Waals surface area contributed by atoms with Gasteiger partial charge < -0.3 is 20.1 Å². The molecule has 190 valence electrons. The van der Waals surface area contributed by atoms with E-state index in [1.165, 1.54) is 12.7 Å². The lowest BCUT2D eigenvalue weighted by molar-refractivity contribution is -0.122. The van der Waals surface area contributed by atoms with Gasteiger partial charge in [0.25, 0.3) is 0 Å². The molecule has 3 rings (SSSR count). The van der Waals surface area contributed by atoms with Crippen molar-refractivity contribution in [3.8, 4) is 5.75 Å². The summed E-state index contributed by atoms with van der Waals surface area (Å²) >= 11 is 0. The van der Waals surface area contributed by atoms with E-state index >= 15 is 0 Å². The van der Waals surface area contributed by atoms with E-state index in [1.54, 1.807) is 18.2 Å². The smallest absolute Gasteiger partial charge is 0.337 e. The molecule has 3 atom stereocenters. The molecule has 0 aliphatic carbocycles. The number of hydrogen-bond acceptors (Lipinski definition) is 5. The highest BCUT2D eigenvalue weighted by atomic mass is 16.5. The van der Waals surface area contributed by atoms with Crippen LogP contribution in [-0.2, 0) is 21.4 Å². The summed E-state index contributed by atoms with van der Waals surface area (Å²) in [6.45, 7) is 11.6. The van der Waals surface area contributed by atoms with Gasteiger partial charge in [0.15, 0.2) is 0 Å². The third-order valence-electron chi connectivity index (χ3n) is 7.69. The zero-order valence-corrected chi connectivity index (χ0v) is 21.7. The summed E-state index contributed by atoms with van der Waals surface area (Å²) < 4.78 is 4.91. The lowest BCUT2D eigenvalue weighted by atomic mass is 9.67. The first-order valence-corrected chi connectivity index (χ1v) is 12.6. The van der Waals surface area contributed by atoms with Crippen molar-refractivity contribution in [3.05, 3.63) is 65.2 Å². The number of amides is 1. The quantitative estimate of drug-likeness (QED) is 0.515. The minimum Gasteiger partial charge on any atom is -0.508 e. The third-order valence-corrected chi connectivity index (χ3v) is 7.69. The average molecular weight is 481 g/mol. The van der Waals surface area contributed by atoms with Gasteiger partial charge in [-0.3, -0.25) is 4.79 Å². The summed E-state index contributed by atoms with van der Waals surface area (Å²) in [6.07, 6.45) is 2.07. The molecule has 1 heterocycles. The zero-order chi connectivity index (χ0) is 25.6. The maximum Gasteiger partial charge on any atom is 0.337 e. The second-order valence-corrected chi connectivity index (χ2v) is 10.5. The summed E-state index contributed by atoms with van der Waals surface area (Å²) in [4.78, 5) is 27.2. The molecular formula is C29H40N2O4. The number of carbonyl (C=O) groups is 2. The van der Waals surface area contributed by atoms with Gasteiger partial charge in [0.2, 0.25) is 5.91 Å². The Balaban J connectivity index is 1.58. The first-order chi connectivity index (χ1) is 16.6. The second-order valence-electron chi connectivity index (χ2n) is 10.5. The molecule has 35 heavy (non-hydrogen) atoms. The van der Waals surface area contributed by atoms with Gasteiger partial charge in [0.1, 0.15) is 5.75 Å². The molecule has 1 aliphatic heterocycles. The summed E-state index contributed by atoms with van der Waals surface area (Å²) in [5.74, 6) is 0.712. The molecule has 0 spiro atoms. The standard InChI is InChI=1S/C29H40N2O4/c1-20(2)26(30-27(33)14-11-22-9-12-25(32)13-10-22)19-31-16-15-29(4,21(3)18-31)24-8-6-7-23(17-24)28(34)35-5/h6-10,12-13,17,20-21,26,32H,11,14-16,18-19H2,1-5H3,(H,30,33)/t21-,26?,29+/m0/s1. The van der Waals surface area contributed by atoms with Crippen molar-refractivity contribution in [2.45, 2.75) is 58.4 Å². The Labute approximate surface area is 209 Å². The number of aryl methyl sites for hydroxylation is 1. The molecular weight excluding hydrogens is 440 g/mol. The molecule has 1 unspecified atom stereocenters. The van der Waals surface area contributed by atoms with E-state index in [0.717, 1.165) is 31.6 Å². The number of rotatable bonds is 9. The highest BCUT2D eigenvalue weighted by Crippen LogP contribution is 2.39. The summed E-state index contributed by atoms with van der Waals surface area (Å²) in [6, 6.07) is 14.9. The Morgan fingerprint density at radius 3 is 2.54 bits per heavy atom. The van der Waals surface area contributed by atoms with Gasteiger partial charge in [-0.25, -0.2) is 4.79 Å². The Hall–Kier alpha value is -2.86. The maximum atomic E-state index is 12.7. The van der Waals surface area contributed by atoms with Gasteiger partial charge in [-0.15, -0.1) is 0 Å². The number of phenolic OH excluding ortho intramolecular Hbond substituents is 1. The predicted molar refractivity (Wildman–Crippen MR) is 139 cm³/mol. The van der Waals surface area contributed by atoms with Gasteiger partial charge in [-0.2, -0.15) is 0 Å². The van der Waals surface area contributed by atoms with Crippen LogP contribution in [0.15, 0.2) is 48.5 Å². The third kappa shape index (κ3) is 6.85. The van der Waals surface area contributed by atoms with E-state index < -0.39 is 0 Å². The molecule has 2 aromatic carbocycles. The Bertz CT molecular complexity index is 1000. The van der Waals surface area contributed by atoms with Crippen LogP contribution in [0.2, 0.25) is 0 Å². The maximum absolute atomic E-state index is 12.7. The Kier molecular flexibility index (Phi) is 8.95. The van der Waals surface area contributed by atoms with E-state index in [1.807, 2.05) is 24.3 Å². The fourth-order valence-electron chi connectivity index (χ4n) is 4.93. The van der Waals surface area contributed by atoms with Crippen LogP contribution in [0.5, 0.6) is 5.75 Å². The number of nitrogens with zero attached hydrogens (tertiary/aromatic N) is 1. The number of hydrogen-bond donors (Lipinski definition) is 2. The fourth-order valence-corrected chi connectivity index (χ4v) is 4.93. The van der Waals surface area contributed by atoms with E-state index in [4.69, 9.17) is 4.74 Å². The minimum absolute atomic E-state index is 0.0266. The number of nitrogens with one attached hydrogen (secondary N) is 1. The predicted octanol–water partition coefficient (Wildman–Crippen LogP) is 4.55. The van der Waals surface area contributed by atoms with Crippen molar-refractivity contribution in [1.82, 2.24) is 10.2 Å². The Morgan fingerprint density at radius 1 is 1.20 bits per heavy atom. The summed E-state index contributed by atoms with van der Waals surface area (Å²) in [5, 5.41) is 12.7. The normalized spacial score (nSPS) is 21.5. The highest BCUT2D eigenvalue weighted by molar-refractivity contribution is 5.89. The van der Waals surface area contributed by atoms with Crippen LogP contribution in [0.1, 0.15) is 62.0 Å². The van der Waals surface area contributed by atoms with Gasteiger partial charge in [-0.1, -0.05) is 52.0 Å². The number of benzene rings is 2. The van der Waals surface area contributed by atoms with Crippen molar-refractivity contribution in [3.63, 3.8) is 0 Å². The summed E-state index contributed by atoms with van der Waals surface area (Å²) in [5.41, 5.74) is 2.78. The molecule has 0 radical (unpaired) electrons. The Morgan fingerprint density at radius 2 is 1.91 bits per heavy atom. The van der Waals surface area contributed by atoms with Crippen molar-refractivity contribution in [1.29, 1.82) is 0 Å². The molecule has 0 bridgehead atoms. The highest BCUT2D eigenvalue weighted by Gasteiger charge is 2.39. The number of aromatic hydroxyl groups is 1. The first kappa shape index (κ1) is 26.7. The molecule has 1 amide bonds. The number of methoxy groups -OCH3 is 1. The van der Waals surface area contributed by atoms with Crippen LogP contribution >= 0.6 is 0 Å². The number of likely N-dealkylation sites (tertiary alicyclic amines) is 1. The molecule has 1 aliphatic rings. The monoisotopic (exact) mass is 480 g/mol. The van der Waals surface area contributed by atoms with E-state index in [0.29, 0.717) is 30.2 Å². The number of piperidine rings is 1.